The SMILES string of the molecule is CCC(CC)C(=O)O[SiH2]CCC[SiH2]OC(=O)C(CC)CC. The third-order valence-electron chi connectivity index (χ3n) is 3.92. The Bertz CT molecular complexity index is 261. The first-order chi connectivity index (χ1) is 10.1. The van der Waals surface area contributed by atoms with Crippen LogP contribution in [0.4, 0.5) is 0 Å². The van der Waals surface area contributed by atoms with Crippen LogP contribution in [0.25, 0.3) is 0 Å². The molecule has 0 aromatic heterocycles. The van der Waals surface area contributed by atoms with Crippen LogP contribution in [0.2, 0.25) is 12.1 Å². The molecular weight excluding hydrogens is 300 g/mol. The van der Waals surface area contributed by atoms with Gasteiger partial charge in [-0.1, -0.05) is 34.1 Å². The molecule has 0 aliphatic rings. The van der Waals surface area contributed by atoms with Crippen molar-refractivity contribution in [3.05, 3.63) is 0 Å². The van der Waals surface area contributed by atoms with Crippen molar-refractivity contribution in [1.29, 1.82) is 0 Å². The zero-order valence-corrected chi connectivity index (χ0v) is 17.0. The standard InChI is InChI=1S/C15H32O4Si2/c1-5-12(6-2)14(16)18-20-10-9-11-21-19-15(17)13(7-3)8-4/h12-13H,5-11,20-21H2,1-4H3. The van der Waals surface area contributed by atoms with E-state index in [4.69, 9.17) is 8.85 Å². The molecule has 0 radical (unpaired) electrons. The van der Waals surface area contributed by atoms with E-state index in [9.17, 15) is 9.59 Å². The summed E-state index contributed by atoms with van der Waals surface area (Å²) < 4.78 is 10.8. The zero-order valence-electron chi connectivity index (χ0n) is 14.2. The van der Waals surface area contributed by atoms with E-state index in [2.05, 4.69) is 0 Å². The van der Waals surface area contributed by atoms with Crippen LogP contribution in [0.1, 0.15) is 59.8 Å². The monoisotopic (exact) mass is 332 g/mol. The first-order valence-electron chi connectivity index (χ1n) is 8.43. The van der Waals surface area contributed by atoms with Crippen molar-refractivity contribution in [2.45, 2.75) is 71.9 Å². The molecule has 6 heteroatoms. The Hall–Kier alpha value is -0.626. The van der Waals surface area contributed by atoms with E-state index in [0.29, 0.717) is 0 Å². The average molecular weight is 333 g/mol. The summed E-state index contributed by atoms with van der Waals surface area (Å²) in [5.41, 5.74) is 0. The summed E-state index contributed by atoms with van der Waals surface area (Å²) in [6.45, 7) is 8.10. The number of carbonyl (C=O) groups is 2. The quantitative estimate of drug-likeness (QED) is 0.406. The molecule has 124 valence electrons. The van der Waals surface area contributed by atoms with Crippen LogP contribution < -0.4 is 0 Å². The minimum absolute atomic E-state index is 0.0101. The van der Waals surface area contributed by atoms with Crippen LogP contribution in [-0.4, -0.2) is 31.5 Å². The maximum absolute atomic E-state index is 11.7. The molecule has 0 bridgehead atoms. The molecular formula is C15H32O4Si2. The highest BCUT2D eigenvalue weighted by Crippen LogP contribution is 2.11. The van der Waals surface area contributed by atoms with Gasteiger partial charge in [-0.05, 0) is 37.8 Å². The van der Waals surface area contributed by atoms with Crippen molar-refractivity contribution in [2.75, 3.05) is 0 Å². The largest absolute Gasteiger partial charge is 0.525 e. The Kier molecular flexibility index (Phi) is 12.7. The molecule has 4 nitrogen and oxygen atoms in total. The van der Waals surface area contributed by atoms with Gasteiger partial charge in [-0.15, -0.1) is 0 Å². The Morgan fingerprint density at radius 3 is 1.38 bits per heavy atom. The third kappa shape index (κ3) is 9.08. The second kappa shape index (κ2) is 13.1. The minimum Gasteiger partial charge on any atom is -0.525 e. The van der Waals surface area contributed by atoms with E-state index >= 15 is 0 Å². The lowest BCUT2D eigenvalue weighted by Gasteiger charge is -2.13. The fraction of sp³-hybridized carbons (Fsp3) is 0.867. The highest BCUT2D eigenvalue weighted by molar-refractivity contribution is 6.32. The van der Waals surface area contributed by atoms with E-state index in [1.807, 2.05) is 27.7 Å². The van der Waals surface area contributed by atoms with Gasteiger partial charge in [0.1, 0.15) is 0 Å². The summed E-state index contributed by atoms with van der Waals surface area (Å²) in [5, 5.41) is 0. The first kappa shape index (κ1) is 20.4. The van der Waals surface area contributed by atoms with Gasteiger partial charge in [0.25, 0.3) is 11.9 Å². The predicted molar refractivity (Wildman–Crippen MR) is 91.6 cm³/mol. The Morgan fingerprint density at radius 2 is 1.10 bits per heavy atom. The lowest BCUT2D eigenvalue weighted by molar-refractivity contribution is -0.140. The van der Waals surface area contributed by atoms with Crippen molar-refractivity contribution >= 4 is 31.5 Å². The molecule has 0 saturated carbocycles. The number of rotatable bonds is 12. The van der Waals surface area contributed by atoms with Crippen molar-refractivity contribution < 1.29 is 18.4 Å². The molecule has 0 spiro atoms. The summed E-state index contributed by atoms with van der Waals surface area (Å²) in [7, 11) is -1.47. The molecule has 0 atom stereocenters. The van der Waals surface area contributed by atoms with Crippen LogP contribution in [0.5, 0.6) is 0 Å². The van der Waals surface area contributed by atoms with Gasteiger partial charge >= 0.3 is 0 Å². The highest BCUT2D eigenvalue weighted by Gasteiger charge is 2.16. The molecule has 0 aliphatic heterocycles. The van der Waals surface area contributed by atoms with Gasteiger partial charge in [0.2, 0.25) is 19.5 Å². The summed E-state index contributed by atoms with van der Waals surface area (Å²) in [6.07, 6.45) is 4.49. The smallest absolute Gasteiger partial charge is 0.295 e. The Labute approximate surface area is 134 Å². The van der Waals surface area contributed by atoms with Crippen molar-refractivity contribution in [1.82, 2.24) is 0 Å². The van der Waals surface area contributed by atoms with Crippen LogP contribution in [0, 0.1) is 11.8 Å². The molecule has 0 unspecified atom stereocenters. The van der Waals surface area contributed by atoms with E-state index in [0.717, 1.165) is 44.2 Å². The molecule has 21 heavy (non-hydrogen) atoms. The van der Waals surface area contributed by atoms with Crippen molar-refractivity contribution in [3.8, 4) is 0 Å². The molecule has 0 saturated heterocycles. The van der Waals surface area contributed by atoms with Crippen LogP contribution in [-0.2, 0) is 18.4 Å². The lowest BCUT2D eigenvalue weighted by Crippen LogP contribution is -2.19. The zero-order chi connectivity index (χ0) is 16.1. The second-order valence-electron chi connectivity index (χ2n) is 5.42. The third-order valence-corrected chi connectivity index (χ3v) is 6.47. The average Bonchev–Trinajstić information content (AvgIpc) is 2.48. The maximum Gasteiger partial charge on any atom is 0.295 e. The molecule has 0 aromatic carbocycles. The minimum atomic E-state index is -0.737. The van der Waals surface area contributed by atoms with Crippen LogP contribution in [0.3, 0.4) is 0 Å². The van der Waals surface area contributed by atoms with Gasteiger partial charge in [-0.25, -0.2) is 0 Å². The second-order valence-corrected chi connectivity index (χ2v) is 8.23. The summed E-state index contributed by atoms with van der Waals surface area (Å²) in [5.74, 6) is 0.133. The van der Waals surface area contributed by atoms with Crippen molar-refractivity contribution in [3.63, 3.8) is 0 Å². The molecule has 0 N–H and O–H groups in total. The van der Waals surface area contributed by atoms with Gasteiger partial charge in [-0.2, -0.15) is 0 Å². The maximum atomic E-state index is 11.7. The molecule has 0 rings (SSSR count). The summed E-state index contributed by atoms with van der Waals surface area (Å²) in [4.78, 5) is 23.4. The van der Waals surface area contributed by atoms with E-state index < -0.39 is 19.5 Å². The van der Waals surface area contributed by atoms with E-state index in [1.54, 1.807) is 0 Å². The molecule has 0 heterocycles. The molecule has 0 aliphatic carbocycles. The normalized spacial score (nSPS) is 12.1. The van der Waals surface area contributed by atoms with Gasteiger partial charge in [0.15, 0.2) is 0 Å². The number of hydrogen-bond donors (Lipinski definition) is 0. The molecule has 0 amide bonds. The van der Waals surface area contributed by atoms with E-state index in [1.165, 1.54) is 0 Å². The predicted octanol–water partition coefficient (Wildman–Crippen LogP) is 2.34. The number of hydrogen-bond acceptors (Lipinski definition) is 4. The molecule has 0 aromatic rings. The van der Waals surface area contributed by atoms with Crippen LogP contribution in [0.15, 0.2) is 0 Å². The highest BCUT2D eigenvalue weighted by atomic mass is 28.2. The summed E-state index contributed by atoms with van der Waals surface area (Å²) in [6, 6.07) is 2.00. The Balaban J connectivity index is 3.57. The fourth-order valence-electron chi connectivity index (χ4n) is 2.21. The Morgan fingerprint density at radius 1 is 0.762 bits per heavy atom. The number of carbonyl (C=O) groups excluding carboxylic acids is 2. The first-order valence-corrected chi connectivity index (χ1v) is 11.6. The van der Waals surface area contributed by atoms with Gasteiger partial charge in [0.05, 0.1) is 11.8 Å². The lowest BCUT2D eigenvalue weighted by atomic mass is 10.0. The van der Waals surface area contributed by atoms with E-state index in [-0.39, 0.29) is 23.8 Å². The fourth-order valence-corrected chi connectivity index (χ4v) is 5.19. The van der Waals surface area contributed by atoms with Crippen LogP contribution >= 0.6 is 0 Å². The van der Waals surface area contributed by atoms with Gasteiger partial charge < -0.3 is 8.85 Å². The van der Waals surface area contributed by atoms with Gasteiger partial charge in [-0.3, -0.25) is 9.59 Å². The van der Waals surface area contributed by atoms with Gasteiger partial charge in [0, 0.05) is 0 Å². The van der Waals surface area contributed by atoms with Crippen molar-refractivity contribution in [2.24, 2.45) is 11.8 Å². The molecule has 0 fully saturated rings. The topological polar surface area (TPSA) is 52.6 Å². The summed E-state index contributed by atoms with van der Waals surface area (Å²) >= 11 is 0.